The zero-order valence-electron chi connectivity index (χ0n) is 55.9. The summed E-state index contributed by atoms with van der Waals surface area (Å²) in [5, 5.41) is 22.9. The predicted molar refractivity (Wildman–Crippen MR) is 328 cm³/mol. The zero-order chi connectivity index (χ0) is 65.8. The Morgan fingerprint density at radius 3 is 1.36 bits per heavy atom. The van der Waals surface area contributed by atoms with E-state index in [4.69, 9.17) is 0 Å². The number of nitrogens with zero attached hydrogens (tertiary/aromatic N) is 7. The van der Waals surface area contributed by atoms with Crippen molar-refractivity contribution in [3.8, 4) is 0 Å². The summed E-state index contributed by atoms with van der Waals surface area (Å²) in [5.41, 5.74) is 0. The summed E-state index contributed by atoms with van der Waals surface area (Å²) in [6.07, 6.45) is 3.30. The molecule has 1 saturated heterocycles. The number of carbonyl (C=O) groups is 11. The average Bonchev–Trinajstić information content (AvgIpc) is 2.91. The van der Waals surface area contributed by atoms with Crippen LogP contribution in [0.15, 0.2) is 12.2 Å². The number of allylic oxidation sites excluding steroid dienone is 2. The SMILES string of the molecule is C/C=C/C[C@H](C)[C@H](O)C1C(=O)NCCCC(=O)N(C)CC(=O)N(C)C(CC(C)C)C(=O)N[C@@H](C(C)C)C(=O)N(C)[C@@H](CC(C)C)C(=O)N[C@@H](C)C(=O)N[C@H](C)C(=O)N(C)C(CC(C)C)C(=O)N(C)[C@@H](CC(C)C)C(=O)N(C)C(C(C)C)C(=O)N1C. The fourth-order valence-electron chi connectivity index (χ4n) is 10.6. The number of amides is 11. The minimum atomic E-state index is -1.46. The Balaban J connectivity index is 4.13. The van der Waals surface area contributed by atoms with Crippen molar-refractivity contribution in [3.05, 3.63) is 12.2 Å². The number of carbonyl (C=O) groups excluding carboxylic acids is 11. The van der Waals surface area contributed by atoms with Crippen LogP contribution in [-0.2, 0) is 52.7 Å². The molecule has 1 aliphatic rings. The fourth-order valence-corrected chi connectivity index (χ4v) is 10.6. The van der Waals surface area contributed by atoms with Crippen LogP contribution in [0.25, 0.3) is 0 Å². The van der Waals surface area contributed by atoms with Crippen LogP contribution >= 0.6 is 0 Å². The van der Waals surface area contributed by atoms with Gasteiger partial charge in [-0.25, -0.2) is 0 Å². The molecule has 5 N–H and O–H groups in total. The smallest absolute Gasteiger partial charge is 0.246 e. The van der Waals surface area contributed by atoms with Crippen molar-refractivity contribution in [1.29, 1.82) is 0 Å². The molecule has 1 heterocycles. The molecule has 4 unspecified atom stereocenters. The van der Waals surface area contributed by atoms with Gasteiger partial charge in [-0.15, -0.1) is 0 Å². The van der Waals surface area contributed by atoms with Gasteiger partial charge in [0, 0.05) is 62.3 Å². The molecule has 0 saturated carbocycles. The summed E-state index contributed by atoms with van der Waals surface area (Å²) in [6.45, 7) is 27.9. The maximum Gasteiger partial charge on any atom is 0.246 e. The van der Waals surface area contributed by atoms with Gasteiger partial charge in [0.25, 0.3) is 0 Å². The molecule has 0 aliphatic carbocycles. The lowest BCUT2D eigenvalue weighted by Crippen LogP contribution is -2.62. The Kier molecular flexibility index (Phi) is 32.1. The highest BCUT2D eigenvalue weighted by molar-refractivity contribution is 5.99. The third-order valence-corrected chi connectivity index (χ3v) is 16.0. The second kappa shape index (κ2) is 35.5. The monoisotopic (exact) mass is 1200 g/mol. The Labute approximate surface area is 508 Å². The third-order valence-electron chi connectivity index (χ3n) is 16.0. The Bertz CT molecular complexity index is 2310. The Morgan fingerprint density at radius 2 is 0.894 bits per heavy atom. The van der Waals surface area contributed by atoms with E-state index in [2.05, 4.69) is 21.3 Å². The molecule has 1 rings (SSSR count). The quantitative estimate of drug-likeness (QED) is 0.157. The molecule has 0 spiro atoms. The van der Waals surface area contributed by atoms with E-state index in [1.165, 1.54) is 92.6 Å². The molecule has 1 fully saturated rings. The molecule has 486 valence electrons. The molecule has 23 nitrogen and oxygen atoms in total. The maximum absolute atomic E-state index is 15.0. The lowest BCUT2D eigenvalue weighted by Gasteiger charge is -2.41. The van der Waals surface area contributed by atoms with Crippen molar-refractivity contribution < 1.29 is 57.8 Å². The Hall–Kier alpha value is -6.13. The van der Waals surface area contributed by atoms with Gasteiger partial charge in [0.05, 0.1) is 12.6 Å². The maximum atomic E-state index is 15.0. The van der Waals surface area contributed by atoms with Gasteiger partial charge >= 0.3 is 0 Å². The summed E-state index contributed by atoms with van der Waals surface area (Å²) >= 11 is 0. The normalized spacial score (nSPS) is 26.3. The number of aliphatic hydroxyl groups is 1. The van der Waals surface area contributed by atoms with Gasteiger partial charge in [0.2, 0.25) is 65.0 Å². The van der Waals surface area contributed by atoms with Crippen LogP contribution in [0.2, 0.25) is 0 Å². The van der Waals surface area contributed by atoms with Crippen molar-refractivity contribution in [3.63, 3.8) is 0 Å². The van der Waals surface area contributed by atoms with E-state index in [0.29, 0.717) is 6.42 Å². The third kappa shape index (κ3) is 22.6. The highest BCUT2D eigenvalue weighted by Crippen LogP contribution is 2.25. The van der Waals surface area contributed by atoms with Crippen LogP contribution in [0.1, 0.15) is 156 Å². The molecule has 11 amide bonds. The van der Waals surface area contributed by atoms with Gasteiger partial charge in [0.1, 0.15) is 54.4 Å². The molecule has 85 heavy (non-hydrogen) atoms. The fraction of sp³-hybridized carbons (Fsp3) is 0.790. The van der Waals surface area contributed by atoms with Crippen molar-refractivity contribution >= 4 is 65.0 Å². The van der Waals surface area contributed by atoms with E-state index < -0.39 is 150 Å². The number of nitrogens with one attached hydrogen (secondary N) is 4. The lowest BCUT2D eigenvalue weighted by atomic mass is 9.91. The highest BCUT2D eigenvalue weighted by Gasteiger charge is 2.45. The van der Waals surface area contributed by atoms with E-state index in [-0.39, 0.29) is 68.7 Å². The zero-order valence-corrected chi connectivity index (χ0v) is 55.9. The van der Waals surface area contributed by atoms with Crippen LogP contribution in [0.4, 0.5) is 0 Å². The topological polar surface area (TPSA) is 279 Å². The minimum Gasteiger partial charge on any atom is -0.390 e. The number of aliphatic hydroxyl groups excluding tert-OH is 1. The van der Waals surface area contributed by atoms with E-state index in [1.807, 2.05) is 68.4 Å². The summed E-state index contributed by atoms with van der Waals surface area (Å²) < 4.78 is 0. The molecular formula is C62H111N11O12. The molecule has 23 heteroatoms. The van der Waals surface area contributed by atoms with Crippen molar-refractivity contribution in [2.45, 2.75) is 216 Å². The molecular weight excluding hydrogens is 1090 g/mol. The average molecular weight is 1200 g/mol. The summed E-state index contributed by atoms with van der Waals surface area (Å²) in [4.78, 5) is 167. The van der Waals surface area contributed by atoms with Crippen LogP contribution in [0.5, 0.6) is 0 Å². The van der Waals surface area contributed by atoms with E-state index >= 15 is 4.79 Å². The molecule has 0 radical (unpaired) electrons. The second-order valence-corrected chi connectivity index (χ2v) is 26.1. The van der Waals surface area contributed by atoms with Crippen LogP contribution in [0, 0.1) is 41.4 Å². The second-order valence-electron chi connectivity index (χ2n) is 26.1. The van der Waals surface area contributed by atoms with Crippen LogP contribution in [0.3, 0.4) is 0 Å². The van der Waals surface area contributed by atoms with E-state index in [0.717, 1.165) is 4.90 Å². The number of hydrogen-bond acceptors (Lipinski definition) is 12. The van der Waals surface area contributed by atoms with Crippen molar-refractivity contribution in [2.24, 2.45) is 41.4 Å². The van der Waals surface area contributed by atoms with Crippen molar-refractivity contribution in [1.82, 2.24) is 55.6 Å². The number of hydrogen-bond donors (Lipinski definition) is 5. The highest BCUT2D eigenvalue weighted by atomic mass is 16.3. The first-order chi connectivity index (χ1) is 39.3. The van der Waals surface area contributed by atoms with Crippen LogP contribution in [-0.4, -0.2) is 227 Å². The standard InChI is InChI=1S/C62H111N11O12/c1-24-25-27-41(14)53(76)52-57(80)63-29-26-28-48(74)67(17)34-49(75)68(18)44(30-35(2)3)56(79)66-50(39(10)11)61(84)69(19)45(31-36(4)5)55(78)64-42(15)54(77)65-43(16)58(81)70(20)46(32-37(6)7)59(82)71(21)47(33-38(8)9)60(83)72(22)51(40(12)13)62(85)73(52)23/h24-25,35-47,50-53,76H,26-34H2,1-23H3,(H,63,80)(H,64,78)(H,65,77)(H,66,79)/b25-24+/t41-,42-,43+,44?,45-,46?,47-,50-,51?,52?,53-/m0/s1. The van der Waals surface area contributed by atoms with E-state index in [1.54, 1.807) is 40.7 Å². The molecule has 0 bridgehead atoms. The van der Waals surface area contributed by atoms with Gasteiger partial charge in [-0.1, -0.05) is 102 Å². The molecule has 1 aliphatic heterocycles. The molecule has 0 aromatic rings. The lowest BCUT2D eigenvalue weighted by molar-refractivity contribution is -0.157. The number of likely N-dealkylation sites (N-methyl/N-ethyl adjacent to an activating group) is 7. The Morgan fingerprint density at radius 1 is 0.471 bits per heavy atom. The van der Waals surface area contributed by atoms with Gasteiger partial charge in [-0.3, -0.25) is 52.7 Å². The first-order valence-corrected chi connectivity index (χ1v) is 30.6. The van der Waals surface area contributed by atoms with Gasteiger partial charge in [-0.2, -0.15) is 0 Å². The minimum absolute atomic E-state index is 0.0558. The summed E-state index contributed by atoms with van der Waals surface area (Å²) in [7, 11) is 10.1. The van der Waals surface area contributed by atoms with Gasteiger partial charge < -0.3 is 60.7 Å². The number of rotatable bonds is 14. The molecule has 0 aromatic carbocycles. The predicted octanol–water partition coefficient (Wildman–Crippen LogP) is 3.27. The van der Waals surface area contributed by atoms with Gasteiger partial charge in [0.15, 0.2) is 0 Å². The van der Waals surface area contributed by atoms with Crippen molar-refractivity contribution in [2.75, 3.05) is 62.4 Å². The molecule has 0 aromatic heterocycles. The summed E-state index contributed by atoms with van der Waals surface area (Å²) in [5.74, 6) is -8.83. The largest absolute Gasteiger partial charge is 0.390 e. The first-order valence-electron chi connectivity index (χ1n) is 30.6. The summed E-state index contributed by atoms with van der Waals surface area (Å²) in [6, 6.07) is -10.7. The first kappa shape index (κ1) is 76.9. The molecule has 11 atom stereocenters. The van der Waals surface area contributed by atoms with Crippen LogP contribution < -0.4 is 21.3 Å². The van der Waals surface area contributed by atoms with Gasteiger partial charge in [-0.05, 0) is 101 Å². The van der Waals surface area contributed by atoms with E-state index in [9.17, 15) is 53.1 Å².